The van der Waals surface area contributed by atoms with Crippen molar-refractivity contribution in [2.75, 3.05) is 6.54 Å². The number of rotatable bonds is 4. The van der Waals surface area contributed by atoms with E-state index < -0.39 is 10.0 Å². The highest BCUT2D eigenvalue weighted by Crippen LogP contribution is 2.43. The molecule has 0 radical (unpaired) electrons. The summed E-state index contributed by atoms with van der Waals surface area (Å²) in [6.07, 6.45) is 6.68. The zero-order valence-corrected chi connectivity index (χ0v) is 13.0. The van der Waals surface area contributed by atoms with Gasteiger partial charge in [0, 0.05) is 11.6 Å². The van der Waals surface area contributed by atoms with Crippen molar-refractivity contribution in [2.24, 2.45) is 17.8 Å². The van der Waals surface area contributed by atoms with Gasteiger partial charge in [-0.25, -0.2) is 13.1 Å². The molecule has 2 bridgehead atoms. The van der Waals surface area contributed by atoms with Crippen molar-refractivity contribution in [2.45, 2.75) is 17.7 Å². The molecule has 3 unspecified atom stereocenters. The van der Waals surface area contributed by atoms with Gasteiger partial charge in [-0.05, 0) is 48.8 Å². The van der Waals surface area contributed by atoms with Gasteiger partial charge in [0.1, 0.15) is 4.90 Å². The highest BCUT2D eigenvalue weighted by Gasteiger charge is 2.36. The third-order valence-corrected chi connectivity index (χ3v) is 6.28. The summed E-state index contributed by atoms with van der Waals surface area (Å²) in [5.74, 6) is 1.54. The van der Waals surface area contributed by atoms with Crippen LogP contribution in [0, 0.1) is 17.8 Å². The smallest absolute Gasteiger partial charge is 0.211 e. The summed E-state index contributed by atoms with van der Waals surface area (Å²) in [5, 5.41) is 0.574. The molecule has 0 spiro atoms. The summed E-state index contributed by atoms with van der Waals surface area (Å²) in [6, 6.07) is 4.41. The van der Waals surface area contributed by atoms with Crippen molar-refractivity contribution in [1.29, 1.82) is 0 Å². The third kappa shape index (κ3) is 2.75. The van der Waals surface area contributed by atoms with Crippen LogP contribution in [0.1, 0.15) is 12.8 Å². The molecule has 2 aliphatic rings. The predicted molar refractivity (Wildman–Crippen MR) is 80.5 cm³/mol. The molecule has 6 heteroatoms. The van der Waals surface area contributed by atoms with Crippen LogP contribution < -0.4 is 4.72 Å². The first kappa shape index (κ1) is 14.4. The molecule has 0 aliphatic heterocycles. The Labute approximate surface area is 129 Å². The van der Waals surface area contributed by atoms with Crippen LogP contribution in [0.2, 0.25) is 10.0 Å². The van der Waals surface area contributed by atoms with E-state index in [4.69, 9.17) is 23.2 Å². The molecule has 0 saturated heterocycles. The predicted octanol–water partition coefficient (Wildman–Crippen LogP) is 3.48. The molecule has 3 nitrogen and oxygen atoms in total. The van der Waals surface area contributed by atoms with Gasteiger partial charge in [-0.1, -0.05) is 35.4 Å². The molecule has 20 heavy (non-hydrogen) atoms. The third-order valence-electron chi connectivity index (χ3n) is 4.14. The molecule has 2 aliphatic carbocycles. The highest BCUT2D eigenvalue weighted by molar-refractivity contribution is 7.89. The summed E-state index contributed by atoms with van der Waals surface area (Å²) >= 11 is 11.7. The molecule has 3 rings (SSSR count). The lowest BCUT2D eigenvalue weighted by Gasteiger charge is -2.18. The lowest BCUT2D eigenvalue weighted by molar-refractivity contribution is 0.440. The van der Waals surface area contributed by atoms with Gasteiger partial charge in [0.2, 0.25) is 10.0 Å². The standard InChI is InChI=1S/C14H15Cl2NO2S/c15-12-3-4-14(13(16)7-12)20(18,19)17-8-11-6-9-1-2-10(11)5-9/h1-4,7,9-11,17H,5-6,8H2. The van der Waals surface area contributed by atoms with Crippen molar-refractivity contribution >= 4 is 33.2 Å². The van der Waals surface area contributed by atoms with Crippen LogP contribution in [0.3, 0.4) is 0 Å². The summed E-state index contributed by atoms with van der Waals surface area (Å²) in [5.41, 5.74) is 0. The van der Waals surface area contributed by atoms with Crippen molar-refractivity contribution in [1.82, 2.24) is 4.72 Å². The van der Waals surface area contributed by atoms with E-state index in [-0.39, 0.29) is 9.92 Å². The van der Waals surface area contributed by atoms with Gasteiger partial charge < -0.3 is 0 Å². The zero-order chi connectivity index (χ0) is 14.3. The lowest BCUT2D eigenvalue weighted by atomic mass is 9.94. The fourth-order valence-corrected chi connectivity index (χ4v) is 4.98. The molecule has 108 valence electrons. The number of hydrogen-bond acceptors (Lipinski definition) is 2. The monoisotopic (exact) mass is 331 g/mol. The Balaban J connectivity index is 1.71. The summed E-state index contributed by atoms with van der Waals surface area (Å²) in [7, 11) is -3.58. The van der Waals surface area contributed by atoms with Crippen LogP contribution in [0.25, 0.3) is 0 Å². The summed E-state index contributed by atoms with van der Waals surface area (Å²) in [4.78, 5) is 0.0854. The van der Waals surface area contributed by atoms with Crippen molar-refractivity contribution in [3.8, 4) is 0 Å². The number of benzene rings is 1. The number of sulfonamides is 1. The number of fused-ring (bicyclic) bond motifs is 2. The van der Waals surface area contributed by atoms with Crippen molar-refractivity contribution < 1.29 is 8.42 Å². The van der Waals surface area contributed by atoms with Gasteiger partial charge >= 0.3 is 0 Å². The molecule has 1 aromatic carbocycles. The summed E-state index contributed by atoms with van der Waals surface area (Å²) < 4.78 is 27.2. The molecule has 0 amide bonds. The Morgan fingerprint density at radius 1 is 1.20 bits per heavy atom. The fraction of sp³-hybridized carbons (Fsp3) is 0.429. The summed E-state index contributed by atoms with van der Waals surface area (Å²) in [6.45, 7) is 0.465. The van der Waals surface area contributed by atoms with Gasteiger partial charge in [0.15, 0.2) is 0 Å². The molecule has 1 fully saturated rings. The van der Waals surface area contributed by atoms with Crippen LogP contribution in [-0.2, 0) is 10.0 Å². The van der Waals surface area contributed by atoms with E-state index in [1.54, 1.807) is 0 Å². The van der Waals surface area contributed by atoms with E-state index in [0.29, 0.717) is 29.3 Å². The molecule has 1 saturated carbocycles. The average molecular weight is 332 g/mol. The maximum Gasteiger partial charge on any atom is 0.242 e. The Kier molecular flexibility index (Phi) is 3.84. The number of allylic oxidation sites excluding steroid dienone is 2. The van der Waals surface area contributed by atoms with Crippen LogP contribution in [-0.4, -0.2) is 15.0 Å². The van der Waals surface area contributed by atoms with E-state index in [2.05, 4.69) is 16.9 Å². The molecular formula is C14H15Cl2NO2S. The topological polar surface area (TPSA) is 46.2 Å². The Hall–Kier alpha value is -0.550. The van der Waals surface area contributed by atoms with Gasteiger partial charge in [-0.15, -0.1) is 0 Å². The Morgan fingerprint density at radius 2 is 2.00 bits per heavy atom. The van der Waals surface area contributed by atoms with Gasteiger partial charge in [-0.3, -0.25) is 0 Å². The van der Waals surface area contributed by atoms with E-state index in [0.717, 1.165) is 12.8 Å². The van der Waals surface area contributed by atoms with E-state index in [1.807, 2.05) is 0 Å². The molecule has 3 atom stereocenters. The van der Waals surface area contributed by atoms with Crippen LogP contribution in [0.15, 0.2) is 35.2 Å². The van der Waals surface area contributed by atoms with E-state index >= 15 is 0 Å². The Morgan fingerprint density at radius 3 is 2.60 bits per heavy atom. The van der Waals surface area contributed by atoms with Crippen LogP contribution in [0.5, 0.6) is 0 Å². The molecular weight excluding hydrogens is 317 g/mol. The molecule has 1 aromatic rings. The molecule has 0 heterocycles. The second-order valence-corrected chi connectivity index (χ2v) is 8.05. The second kappa shape index (κ2) is 5.34. The molecule has 1 N–H and O–H groups in total. The van der Waals surface area contributed by atoms with Crippen molar-refractivity contribution in [3.05, 3.63) is 40.4 Å². The van der Waals surface area contributed by atoms with Crippen LogP contribution >= 0.6 is 23.2 Å². The van der Waals surface area contributed by atoms with Crippen LogP contribution in [0.4, 0.5) is 0 Å². The molecule has 0 aromatic heterocycles. The highest BCUT2D eigenvalue weighted by atomic mass is 35.5. The zero-order valence-electron chi connectivity index (χ0n) is 10.7. The minimum Gasteiger partial charge on any atom is -0.211 e. The first-order valence-corrected chi connectivity index (χ1v) is 8.82. The lowest BCUT2D eigenvalue weighted by Crippen LogP contribution is -2.31. The van der Waals surface area contributed by atoms with Gasteiger partial charge in [0.25, 0.3) is 0 Å². The van der Waals surface area contributed by atoms with E-state index in [1.165, 1.54) is 18.2 Å². The van der Waals surface area contributed by atoms with Gasteiger partial charge in [-0.2, -0.15) is 0 Å². The first-order chi connectivity index (χ1) is 9.45. The number of nitrogens with one attached hydrogen (secondary N) is 1. The van der Waals surface area contributed by atoms with Crippen molar-refractivity contribution in [3.63, 3.8) is 0 Å². The maximum absolute atomic E-state index is 12.3. The Bertz CT molecular complexity index is 657. The minimum absolute atomic E-state index is 0.0854. The second-order valence-electron chi connectivity index (χ2n) is 5.47. The fourth-order valence-electron chi connectivity index (χ4n) is 3.12. The van der Waals surface area contributed by atoms with Gasteiger partial charge in [0.05, 0.1) is 5.02 Å². The maximum atomic E-state index is 12.3. The quantitative estimate of drug-likeness (QED) is 0.858. The largest absolute Gasteiger partial charge is 0.242 e. The normalized spacial score (nSPS) is 28.2. The average Bonchev–Trinajstić information content (AvgIpc) is 2.98. The number of hydrogen-bond donors (Lipinski definition) is 1. The number of halogens is 2. The first-order valence-electron chi connectivity index (χ1n) is 6.59. The van der Waals surface area contributed by atoms with E-state index in [9.17, 15) is 8.42 Å². The minimum atomic E-state index is -3.58. The SMILES string of the molecule is O=S(=O)(NCC1CC2C=CC1C2)c1ccc(Cl)cc1Cl.